The van der Waals surface area contributed by atoms with Crippen molar-refractivity contribution in [1.82, 2.24) is 4.98 Å². The molecule has 3 heteroatoms. The SMILES string of the molecule is Cc1cc(CN)cc(OC2CC3CCC2(C)C3(C)C)n1. The van der Waals surface area contributed by atoms with E-state index >= 15 is 0 Å². The summed E-state index contributed by atoms with van der Waals surface area (Å²) in [6.45, 7) is 9.74. The average molecular weight is 274 g/mol. The third kappa shape index (κ3) is 1.86. The second-order valence-electron chi connectivity index (χ2n) is 7.38. The molecule has 0 aliphatic heterocycles. The molecule has 2 aliphatic rings. The maximum atomic E-state index is 6.30. The fraction of sp³-hybridized carbons (Fsp3) is 0.706. The van der Waals surface area contributed by atoms with Crippen LogP contribution in [0.2, 0.25) is 0 Å². The molecular weight excluding hydrogens is 248 g/mol. The van der Waals surface area contributed by atoms with Crippen LogP contribution in [0.25, 0.3) is 0 Å². The normalized spacial score (nSPS) is 34.5. The topological polar surface area (TPSA) is 48.1 Å². The Labute approximate surface area is 121 Å². The van der Waals surface area contributed by atoms with Crippen LogP contribution in [0.1, 0.15) is 51.3 Å². The fourth-order valence-corrected chi connectivity index (χ4v) is 4.34. The number of aryl methyl sites for hydroxylation is 1. The molecule has 1 aromatic rings. The van der Waals surface area contributed by atoms with E-state index in [1.807, 2.05) is 19.1 Å². The van der Waals surface area contributed by atoms with Crippen LogP contribution in [0.4, 0.5) is 0 Å². The molecule has 0 aromatic carbocycles. The number of nitrogens with zero attached hydrogens (tertiary/aromatic N) is 1. The van der Waals surface area contributed by atoms with Gasteiger partial charge in [0.1, 0.15) is 6.10 Å². The lowest BCUT2D eigenvalue weighted by molar-refractivity contribution is 0.0272. The zero-order valence-electron chi connectivity index (χ0n) is 13.1. The van der Waals surface area contributed by atoms with E-state index in [-0.39, 0.29) is 11.5 Å². The van der Waals surface area contributed by atoms with Crippen LogP contribution in [0.3, 0.4) is 0 Å². The highest BCUT2D eigenvalue weighted by Gasteiger charge is 2.62. The lowest BCUT2D eigenvalue weighted by atomic mass is 9.70. The number of pyridine rings is 1. The van der Waals surface area contributed by atoms with E-state index in [2.05, 4.69) is 25.8 Å². The van der Waals surface area contributed by atoms with Crippen LogP contribution in [0.5, 0.6) is 5.88 Å². The zero-order chi connectivity index (χ0) is 14.5. The quantitative estimate of drug-likeness (QED) is 0.918. The molecular formula is C17H26N2O. The minimum atomic E-state index is 0.270. The Kier molecular flexibility index (Phi) is 3.09. The second kappa shape index (κ2) is 4.45. The predicted octanol–water partition coefficient (Wildman–Crippen LogP) is 3.44. The molecule has 2 N–H and O–H groups in total. The van der Waals surface area contributed by atoms with Gasteiger partial charge in [0, 0.05) is 23.7 Å². The Morgan fingerprint density at radius 3 is 2.65 bits per heavy atom. The van der Waals surface area contributed by atoms with Gasteiger partial charge in [-0.2, -0.15) is 0 Å². The molecule has 2 saturated carbocycles. The molecule has 20 heavy (non-hydrogen) atoms. The first kappa shape index (κ1) is 13.9. The van der Waals surface area contributed by atoms with Gasteiger partial charge in [-0.05, 0) is 49.1 Å². The Bertz CT molecular complexity index is 526. The van der Waals surface area contributed by atoms with Crippen molar-refractivity contribution in [2.45, 2.75) is 59.6 Å². The van der Waals surface area contributed by atoms with E-state index < -0.39 is 0 Å². The smallest absolute Gasteiger partial charge is 0.214 e. The summed E-state index contributed by atoms with van der Waals surface area (Å²) in [6, 6.07) is 4.02. The molecule has 3 nitrogen and oxygen atoms in total. The molecule has 0 radical (unpaired) electrons. The van der Waals surface area contributed by atoms with Gasteiger partial charge in [0.2, 0.25) is 5.88 Å². The van der Waals surface area contributed by atoms with E-state index in [0.717, 1.165) is 29.5 Å². The number of aromatic nitrogens is 1. The van der Waals surface area contributed by atoms with Crippen molar-refractivity contribution < 1.29 is 4.74 Å². The van der Waals surface area contributed by atoms with Crippen LogP contribution in [0.15, 0.2) is 12.1 Å². The third-order valence-electron chi connectivity index (χ3n) is 6.20. The van der Waals surface area contributed by atoms with Gasteiger partial charge in [0.15, 0.2) is 0 Å². The summed E-state index contributed by atoms with van der Waals surface area (Å²) in [6.07, 6.45) is 4.07. The summed E-state index contributed by atoms with van der Waals surface area (Å²) < 4.78 is 6.30. The van der Waals surface area contributed by atoms with Crippen molar-refractivity contribution in [3.05, 3.63) is 23.4 Å². The number of fused-ring (bicyclic) bond motifs is 2. The van der Waals surface area contributed by atoms with Crippen molar-refractivity contribution in [3.63, 3.8) is 0 Å². The molecule has 3 atom stereocenters. The number of hydrogen-bond acceptors (Lipinski definition) is 3. The van der Waals surface area contributed by atoms with Gasteiger partial charge in [-0.1, -0.05) is 20.8 Å². The summed E-state index contributed by atoms with van der Waals surface area (Å²) in [5.41, 5.74) is 8.46. The zero-order valence-corrected chi connectivity index (χ0v) is 13.1. The summed E-state index contributed by atoms with van der Waals surface area (Å²) in [5, 5.41) is 0. The first-order valence-corrected chi connectivity index (χ1v) is 7.71. The first-order chi connectivity index (χ1) is 9.36. The molecule has 2 aliphatic carbocycles. The summed E-state index contributed by atoms with van der Waals surface area (Å²) in [7, 11) is 0. The fourth-order valence-electron chi connectivity index (χ4n) is 4.34. The Balaban J connectivity index is 1.85. The minimum absolute atomic E-state index is 0.270. The largest absolute Gasteiger partial charge is 0.474 e. The van der Waals surface area contributed by atoms with Crippen molar-refractivity contribution >= 4 is 0 Å². The number of hydrogen-bond donors (Lipinski definition) is 1. The summed E-state index contributed by atoms with van der Waals surface area (Å²) in [5.74, 6) is 1.54. The maximum Gasteiger partial charge on any atom is 0.214 e. The second-order valence-corrected chi connectivity index (χ2v) is 7.38. The monoisotopic (exact) mass is 274 g/mol. The van der Waals surface area contributed by atoms with Crippen molar-refractivity contribution in [2.24, 2.45) is 22.5 Å². The number of ether oxygens (including phenoxy) is 1. The molecule has 2 bridgehead atoms. The van der Waals surface area contributed by atoms with Crippen LogP contribution in [-0.2, 0) is 6.54 Å². The molecule has 1 aromatic heterocycles. The van der Waals surface area contributed by atoms with Crippen LogP contribution in [-0.4, -0.2) is 11.1 Å². The molecule has 0 amide bonds. The highest BCUT2D eigenvalue weighted by Crippen LogP contribution is 2.66. The van der Waals surface area contributed by atoms with Gasteiger partial charge in [-0.25, -0.2) is 4.98 Å². The predicted molar refractivity (Wildman–Crippen MR) is 80.5 cm³/mol. The van der Waals surface area contributed by atoms with Gasteiger partial charge in [-0.3, -0.25) is 0 Å². The number of nitrogens with two attached hydrogens (primary N) is 1. The Hall–Kier alpha value is -1.09. The minimum Gasteiger partial charge on any atom is -0.474 e. The maximum absolute atomic E-state index is 6.30. The Morgan fingerprint density at radius 1 is 1.35 bits per heavy atom. The molecule has 2 fully saturated rings. The van der Waals surface area contributed by atoms with Crippen LogP contribution < -0.4 is 10.5 Å². The summed E-state index contributed by atoms with van der Waals surface area (Å²) >= 11 is 0. The Morgan fingerprint density at radius 2 is 2.10 bits per heavy atom. The van der Waals surface area contributed by atoms with Crippen molar-refractivity contribution in [3.8, 4) is 5.88 Å². The van der Waals surface area contributed by atoms with E-state index in [4.69, 9.17) is 10.5 Å². The first-order valence-electron chi connectivity index (χ1n) is 7.71. The van der Waals surface area contributed by atoms with Gasteiger partial charge < -0.3 is 10.5 Å². The van der Waals surface area contributed by atoms with E-state index in [0.29, 0.717) is 12.0 Å². The van der Waals surface area contributed by atoms with E-state index in [9.17, 15) is 0 Å². The van der Waals surface area contributed by atoms with Crippen molar-refractivity contribution in [2.75, 3.05) is 0 Å². The lowest BCUT2D eigenvalue weighted by Gasteiger charge is -2.38. The number of rotatable bonds is 3. The van der Waals surface area contributed by atoms with Gasteiger partial charge in [0.25, 0.3) is 0 Å². The molecule has 3 unspecified atom stereocenters. The average Bonchev–Trinajstić information content (AvgIpc) is 2.71. The molecule has 110 valence electrons. The van der Waals surface area contributed by atoms with Crippen LogP contribution in [0, 0.1) is 23.7 Å². The van der Waals surface area contributed by atoms with E-state index in [1.54, 1.807) is 0 Å². The van der Waals surface area contributed by atoms with E-state index in [1.165, 1.54) is 12.8 Å². The summed E-state index contributed by atoms with van der Waals surface area (Å²) in [4.78, 5) is 4.53. The van der Waals surface area contributed by atoms with Gasteiger partial charge in [-0.15, -0.1) is 0 Å². The van der Waals surface area contributed by atoms with Gasteiger partial charge in [0.05, 0.1) is 0 Å². The molecule has 3 rings (SSSR count). The van der Waals surface area contributed by atoms with Gasteiger partial charge >= 0.3 is 0 Å². The third-order valence-corrected chi connectivity index (χ3v) is 6.20. The lowest BCUT2D eigenvalue weighted by Crippen LogP contribution is -2.39. The van der Waals surface area contributed by atoms with Crippen molar-refractivity contribution in [1.29, 1.82) is 0 Å². The highest BCUT2D eigenvalue weighted by atomic mass is 16.5. The molecule has 1 heterocycles. The molecule has 0 saturated heterocycles. The van der Waals surface area contributed by atoms with Crippen LogP contribution >= 0.6 is 0 Å². The molecule has 0 spiro atoms. The highest BCUT2D eigenvalue weighted by molar-refractivity contribution is 5.25. The standard InChI is InChI=1S/C17H26N2O/c1-11-7-12(10-18)8-15(19-11)20-14-9-13-5-6-17(14,4)16(13,2)3/h7-8,13-14H,5-6,9-10,18H2,1-4H3.